The van der Waals surface area contributed by atoms with Crippen molar-refractivity contribution in [3.8, 4) is 6.07 Å². The Kier molecular flexibility index (Phi) is 4.16. The van der Waals surface area contributed by atoms with Crippen LogP contribution in [0.25, 0.3) is 0 Å². The third-order valence-electron chi connectivity index (χ3n) is 2.99. The molecule has 0 atom stereocenters. The normalized spacial score (nSPS) is 10.1. The summed E-state index contributed by atoms with van der Waals surface area (Å²) in [6.45, 7) is 6.28. The van der Waals surface area contributed by atoms with Crippen LogP contribution in [0, 0.1) is 24.1 Å². The molecule has 0 aliphatic rings. The number of nitrogens with zero attached hydrogens (tertiary/aromatic N) is 3. The first-order chi connectivity index (χ1) is 9.67. The average Bonchev–Trinajstić information content (AvgIpc) is 2.75. The number of nitrogens with one attached hydrogen (secondary N) is 1. The molecule has 1 aromatic carbocycles. The molecule has 0 radical (unpaired) electrons. The van der Waals surface area contributed by atoms with Gasteiger partial charge in [-0.2, -0.15) is 10.4 Å². The van der Waals surface area contributed by atoms with E-state index in [9.17, 15) is 4.39 Å². The highest BCUT2D eigenvalue weighted by Crippen LogP contribution is 2.20. The van der Waals surface area contributed by atoms with Crippen LogP contribution in [0.15, 0.2) is 36.9 Å². The zero-order valence-electron chi connectivity index (χ0n) is 11.2. The standard InChI is InChI=1S/C15H15FN4/c1-3-8-18-15-11(2)14(9-17)19-20(15)10-12-6-4-5-7-13(12)16/h3-7,18H,1,8,10H2,2H3. The molecule has 5 heteroatoms. The number of halogens is 1. The highest BCUT2D eigenvalue weighted by Gasteiger charge is 2.14. The van der Waals surface area contributed by atoms with Gasteiger partial charge < -0.3 is 5.32 Å². The van der Waals surface area contributed by atoms with Gasteiger partial charge in [0.15, 0.2) is 5.69 Å². The van der Waals surface area contributed by atoms with Crippen molar-refractivity contribution < 1.29 is 4.39 Å². The van der Waals surface area contributed by atoms with Crippen molar-refractivity contribution >= 4 is 5.82 Å². The Morgan fingerprint density at radius 1 is 1.50 bits per heavy atom. The first kappa shape index (κ1) is 13.8. The molecule has 1 heterocycles. The van der Waals surface area contributed by atoms with E-state index in [0.29, 0.717) is 23.6 Å². The quantitative estimate of drug-likeness (QED) is 0.850. The monoisotopic (exact) mass is 270 g/mol. The summed E-state index contributed by atoms with van der Waals surface area (Å²) in [7, 11) is 0. The maximum Gasteiger partial charge on any atom is 0.167 e. The smallest absolute Gasteiger partial charge is 0.167 e. The molecule has 0 aliphatic carbocycles. The molecule has 0 fully saturated rings. The fourth-order valence-electron chi connectivity index (χ4n) is 1.95. The van der Waals surface area contributed by atoms with Crippen LogP contribution in [0.4, 0.5) is 10.2 Å². The Bertz CT molecular complexity index is 667. The lowest BCUT2D eigenvalue weighted by Crippen LogP contribution is -2.10. The van der Waals surface area contributed by atoms with Crippen LogP contribution in [0.3, 0.4) is 0 Å². The molecule has 0 saturated carbocycles. The summed E-state index contributed by atoms with van der Waals surface area (Å²) in [6, 6.07) is 8.57. The van der Waals surface area contributed by atoms with E-state index in [0.717, 1.165) is 5.56 Å². The van der Waals surface area contributed by atoms with Gasteiger partial charge in [0.25, 0.3) is 0 Å². The van der Waals surface area contributed by atoms with Gasteiger partial charge in [0.05, 0.1) is 6.54 Å². The third-order valence-corrected chi connectivity index (χ3v) is 2.99. The summed E-state index contributed by atoms with van der Waals surface area (Å²) >= 11 is 0. The number of aromatic nitrogens is 2. The van der Waals surface area contributed by atoms with Crippen LogP contribution in [0.2, 0.25) is 0 Å². The fraction of sp³-hybridized carbons (Fsp3) is 0.200. The summed E-state index contributed by atoms with van der Waals surface area (Å²) in [5.74, 6) is 0.429. The molecule has 1 N–H and O–H groups in total. The third kappa shape index (κ3) is 2.69. The van der Waals surface area contributed by atoms with Crippen molar-refractivity contribution in [2.75, 3.05) is 11.9 Å². The van der Waals surface area contributed by atoms with Gasteiger partial charge in [-0.1, -0.05) is 24.3 Å². The van der Waals surface area contributed by atoms with Gasteiger partial charge in [-0.25, -0.2) is 9.07 Å². The molecule has 0 saturated heterocycles. The SMILES string of the molecule is C=CCNc1c(C)c(C#N)nn1Cc1ccccc1F. The van der Waals surface area contributed by atoms with Crippen LogP contribution in [-0.4, -0.2) is 16.3 Å². The maximum absolute atomic E-state index is 13.7. The van der Waals surface area contributed by atoms with E-state index in [2.05, 4.69) is 17.0 Å². The molecule has 102 valence electrons. The minimum Gasteiger partial charge on any atom is -0.367 e. The Balaban J connectivity index is 2.38. The number of hydrogen-bond acceptors (Lipinski definition) is 3. The highest BCUT2D eigenvalue weighted by molar-refractivity contribution is 5.51. The second-order valence-electron chi connectivity index (χ2n) is 4.35. The summed E-state index contributed by atoms with van der Waals surface area (Å²) in [5.41, 5.74) is 1.62. The minimum atomic E-state index is -0.283. The molecule has 0 bridgehead atoms. The van der Waals surface area contributed by atoms with Gasteiger partial charge >= 0.3 is 0 Å². The van der Waals surface area contributed by atoms with Crippen LogP contribution in [-0.2, 0) is 6.54 Å². The number of benzene rings is 1. The number of rotatable bonds is 5. The van der Waals surface area contributed by atoms with Crippen LogP contribution in [0.1, 0.15) is 16.8 Å². The van der Waals surface area contributed by atoms with E-state index in [1.165, 1.54) is 6.07 Å². The van der Waals surface area contributed by atoms with Gasteiger partial charge in [-0.15, -0.1) is 6.58 Å². The topological polar surface area (TPSA) is 53.6 Å². The Labute approximate surface area is 117 Å². The Hall–Kier alpha value is -2.61. The lowest BCUT2D eigenvalue weighted by atomic mass is 10.2. The molecule has 0 spiro atoms. The number of anilines is 1. The van der Waals surface area contributed by atoms with Crippen molar-refractivity contribution in [2.24, 2.45) is 0 Å². The molecular formula is C15H15FN4. The summed E-state index contributed by atoms with van der Waals surface area (Å²) in [4.78, 5) is 0. The van der Waals surface area contributed by atoms with Gasteiger partial charge in [0, 0.05) is 17.7 Å². The molecule has 0 unspecified atom stereocenters. The summed E-state index contributed by atoms with van der Waals surface area (Å²) in [5, 5.41) is 16.4. The summed E-state index contributed by atoms with van der Waals surface area (Å²) in [6.07, 6.45) is 1.71. The molecule has 0 amide bonds. The lowest BCUT2D eigenvalue weighted by Gasteiger charge is -2.10. The summed E-state index contributed by atoms with van der Waals surface area (Å²) < 4.78 is 15.3. The van der Waals surface area contributed by atoms with Crippen LogP contribution < -0.4 is 5.32 Å². The van der Waals surface area contributed by atoms with E-state index >= 15 is 0 Å². The van der Waals surface area contributed by atoms with Crippen molar-refractivity contribution in [3.05, 3.63) is 59.6 Å². The minimum absolute atomic E-state index is 0.272. The molecule has 1 aromatic heterocycles. The fourth-order valence-corrected chi connectivity index (χ4v) is 1.95. The molecule has 4 nitrogen and oxygen atoms in total. The van der Waals surface area contributed by atoms with Crippen LogP contribution in [0.5, 0.6) is 0 Å². The van der Waals surface area contributed by atoms with Crippen molar-refractivity contribution in [2.45, 2.75) is 13.5 Å². The second kappa shape index (κ2) is 6.02. The zero-order valence-corrected chi connectivity index (χ0v) is 11.2. The first-order valence-electron chi connectivity index (χ1n) is 6.23. The van der Waals surface area contributed by atoms with Crippen molar-refractivity contribution in [1.29, 1.82) is 5.26 Å². The molecule has 20 heavy (non-hydrogen) atoms. The number of hydrogen-bond donors (Lipinski definition) is 1. The van der Waals surface area contributed by atoms with Gasteiger partial charge in [-0.05, 0) is 13.0 Å². The predicted octanol–water partition coefficient (Wildman–Crippen LogP) is 2.85. The molecule has 2 aromatic rings. The number of nitriles is 1. The van der Waals surface area contributed by atoms with E-state index in [4.69, 9.17) is 5.26 Å². The van der Waals surface area contributed by atoms with Gasteiger partial charge in [-0.3, -0.25) is 0 Å². The lowest BCUT2D eigenvalue weighted by molar-refractivity contribution is 0.586. The molecule has 2 rings (SSSR count). The average molecular weight is 270 g/mol. The van der Waals surface area contributed by atoms with Gasteiger partial charge in [0.1, 0.15) is 17.7 Å². The zero-order chi connectivity index (χ0) is 14.5. The van der Waals surface area contributed by atoms with Crippen molar-refractivity contribution in [1.82, 2.24) is 9.78 Å². The molecular weight excluding hydrogens is 255 g/mol. The first-order valence-corrected chi connectivity index (χ1v) is 6.23. The van der Waals surface area contributed by atoms with E-state index in [1.54, 1.807) is 29.0 Å². The van der Waals surface area contributed by atoms with Crippen LogP contribution >= 0.6 is 0 Å². The van der Waals surface area contributed by atoms with Crippen molar-refractivity contribution in [3.63, 3.8) is 0 Å². The highest BCUT2D eigenvalue weighted by atomic mass is 19.1. The van der Waals surface area contributed by atoms with Gasteiger partial charge in [0.2, 0.25) is 0 Å². The largest absolute Gasteiger partial charge is 0.367 e. The Morgan fingerprint density at radius 3 is 2.90 bits per heavy atom. The van der Waals surface area contributed by atoms with E-state index < -0.39 is 0 Å². The molecule has 0 aliphatic heterocycles. The van der Waals surface area contributed by atoms with E-state index in [-0.39, 0.29) is 12.4 Å². The Morgan fingerprint density at radius 2 is 2.25 bits per heavy atom. The van der Waals surface area contributed by atoms with E-state index in [1.807, 2.05) is 13.0 Å². The maximum atomic E-state index is 13.7. The predicted molar refractivity (Wildman–Crippen MR) is 75.9 cm³/mol. The second-order valence-corrected chi connectivity index (χ2v) is 4.35.